The summed E-state index contributed by atoms with van der Waals surface area (Å²) in [5, 5.41) is 4.79. The van der Waals surface area contributed by atoms with Crippen molar-refractivity contribution in [2.24, 2.45) is 0 Å². The van der Waals surface area contributed by atoms with Gasteiger partial charge < -0.3 is 19.3 Å². The van der Waals surface area contributed by atoms with E-state index in [-0.39, 0.29) is 5.91 Å². The van der Waals surface area contributed by atoms with Crippen molar-refractivity contribution in [1.29, 1.82) is 0 Å². The SMILES string of the molecule is CCOc1ccccc1N1CCN(C2CCc3c(c(C(=O)N4CCOCC4)nn3CC)C2)CC1. The Labute approximate surface area is 202 Å². The fourth-order valence-electron chi connectivity index (χ4n) is 5.65. The molecule has 2 aromatic rings. The van der Waals surface area contributed by atoms with Gasteiger partial charge in [0.2, 0.25) is 0 Å². The number of hydrogen-bond donors (Lipinski definition) is 0. The van der Waals surface area contributed by atoms with E-state index < -0.39 is 0 Å². The maximum absolute atomic E-state index is 13.3. The van der Waals surface area contributed by atoms with Crippen LogP contribution in [0.15, 0.2) is 24.3 Å². The molecule has 0 radical (unpaired) electrons. The van der Waals surface area contributed by atoms with Crippen LogP contribution in [-0.4, -0.2) is 90.6 Å². The molecule has 0 spiro atoms. The summed E-state index contributed by atoms with van der Waals surface area (Å²) in [5.74, 6) is 1.05. The highest BCUT2D eigenvalue weighted by Gasteiger charge is 2.34. The number of carbonyl (C=O) groups is 1. The van der Waals surface area contributed by atoms with Crippen molar-refractivity contribution in [2.75, 3.05) is 64.0 Å². The van der Waals surface area contributed by atoms with Gasteiger partial charge in [-0.05, 0) is 45.2 Å². The highest BCUT2D eigenvalue weighted by molar-refractivity contribution is 5.94. The molecule has 3 heterocycles. The van der Waals surface area contributed by atoms with Crippen LogP contribution in [0.3, 0.4) is 0 Å². The summed E-state index contributed by atoms with van der Waals surface area (Å²) < 4.78 is 13.4. The standard InChI is InChI=1S/C26H37N5O3/c1-3-31-22-10-9-20(19-21(22)25(27-31)26(32)30-15-17-33-18-16-30)28-11-13-29(14-12-28)23-7-5-6-8-24(23)34-4-2/h5-8,20H,3-4,9-19H2,1-2H3. The highest BCUT2D eigenvalue weighted by atomic mass is 16.5. The van der Waals surface area contributed by atoms with E-state index >= 15 is 0 Å². The second kappa shape index (κ2) is 10.4. The smallest absolute Gasteiger partial charge is 0.274 e. The van der Waals surface area contributed by atoms with Crippen LogP contribution in [-0.2, 0) is 24.1 Å². The van der Waals surface area contributed by atoms with Crippen LogP contribution in [0.4, 0.5) is 5.69 Å². The minimum atomic E-state index is 0.0738. The summed E-state index contributed by atoms with van der Waals surface area (Å²) in [6, 6.07) is 8.81. The molecule has 8 nitrogen and oxygen atoms in total. The molecule has 1 aliphatic carbocycles. The molecule has 0 saturated carbocycles. The predicted octanol–water partition coefficient (Wildman–Crippen LogP) is 2.45. The summed E-state index contributed by atoms with van der Waals surface area (Å²) in [4.78, 5) is 20.3. The molecule has 184 valence electrons. The van der Waals surface area contributed by atoms with Crippen molar-refractivity contribution in [3.05, 3.63) is 41.2 Å². The number of aryl methyl sites for hydroxylation is 1. The Morgan fingerprint density at radius 1 is 1.09 bits per heavy atom. The van der Waals surface area contributed by atoms with Crippen molar-refractivity contribution < 1.29 is 14.3 Å². The molecule has 1 atom stereocenters. The number of morpholine rings is 1. The van der Waals surface area contributed by atoms with Gasteiger partial charge in [0, 0.05) is 63.1 Å². The fraction of sp³-hybridized carbons (Fsp3) is 0.615. The number of hydrogen-bond acceptors (Lipinski definition) is 6. The quantitative estimate of drug-likeness (QED) is 0.650. The fourth-order valence-corrected chi connectivity index (χ4v) is 5.65. The molecule has 1 aromatic carbocycles. The first kappa shape index (κ1) is 23.2. The first-order chi connectivity index (χ1) is 16.7. The summed E-state index contributed by atoms with van der Waals surface area (Å²) in [7, 11) is 0. The Balaban J connectivity index is 1.28. The number of rotatable bonds is 6. The number of amides is 1. The molecule has 1 aromatic heterocycles. The van der Waals surface area contributed by atoms with Crippen LogP contribution >= 0.6 is 0 Å². The number of anilines is 1. The number of aromatic nitrogens is 2. The van der Waals surface area contributed by atoms with E-state index in [9.17, 15) is 4.79 Å². The van der Waals surface area contributed by atoms with Crippen LogP contribution < -0.4 is 9.64 Å². The minimum Gasteiger partial charge on any atom is -0.492 e. The molecule has 0 bridgehead atoms. The Bertz CT molecular complexity index is 992. The average molecular weight is 468 g/mol. The predicted molar refractivity (Wildman–Crippen MR) is 132 cm³/mol. The van der Waals surface area contributed by atoms with Gasteiger partial charge >= 0.3 is 0 Å². The molecule has 0 N–H and O–H groups in total. The summed E-state index contributed by atoms with van der Waals surface area (Å²) >= 11 is 0. The number of piperazine rings is 1. The first-order valence-electron chi connectivity index (χ1n) is 12.9. The molecule has 8 heteroatoms. The maximum atomic E-state index is 13.3. The largest absolute Gasteiger partial charge is 0.492 e. The van der Waals surface area contributed by atoms with Gasteiger partial charge in [-0.2, -0.15) is 5.10 Å². The summed E-state index contributed by atoms with van der Waals surface area (Å²) in [5.41, 5.74) is 4.31. The number of nitrogens with zero attached hydrogens (tertiary/aromatic N) is 5. The second-order valence-electron chi connectivity index (χ2n) is 9.31. The van der Waals surface area contributed by atoms with Crippen LogP contribution in [0.5, 0.6) is 5.75 Å². The average Bonchev–Trinajstić information content (AvgIpc) is 3.27. The van der Waals surface area contributed by atoms with Gasteiger partial charge in [-0.1, -0.05) is 12.1 Å². The second-order valence-corrected chi connectivity index (χ2v) is 9.31. The number of para-hydroxylation sites is 2. The molecule has 1 amide bonds. The van der Waals surface area contributed by atoms with E-state index in [4.69, 9.17) is 14.6 Å². The highest BCUT2D eigenvalue weighted by Crippen LogP contribution is 2.32. The molecular weight excluding hydrogens is 430 g/mol. The zero-order valence-electron chi connectivity index (χ0n) is 20.5. The summed E-state index contributed by atoms with van der Waals surface area (Å²) in [6.07, 6.45) is 3.03. The monoisotopic (exact) mass is 467 g/mol. The number of ether oxygens (including phenoxy) is 2. The topological polar surface area (TPSA) is 63.1 Å². The molecular formula is C26H37N5O3. The van der Waals surface area contributed by atoms with Gasteiger partial charge in [-0.25, -0.2) is 0 Å². The molecule has 34 heavy (non-hydrogen) atoms. The van der Waals surface area contributed by atoms with E-state index in [0.717, 1.165) is 57.7 Å². The van der Waals surface area contributed by atoms with E-state index in [2.05, 4.69) is 39.6 Å². The molecule has 2 aliphatic heterocycles. The van der Waals surface area contributed by atoms with E-state index in [1.54, 1.807) is 0 Å². The lowest BCUT2D eigenvalue weighted by molar-refractivity contribution is 0.0297. The number of fused-ring (bicyclic) bond motifs is 1. The lowest BCUT2D eigenvalue weighted by Gasteiger charge is -2.42. The zero-order chi connectivity index (χ0) is 23.5. The van der Waals surface area contributed by atoms with Crippen molar-refractivity contribution in [3.63, 3.8) is 0 Å². The first-order valence-corrected chi connectivity index (χ1v) is 12.9. The molecule has 2 saturated heterocycles. The normalized spacial score (nSPS) is 21.4. The van der Waals surface area contributed by atoms with Crippen LogP contribution in [0.2, 0.25) is 0 Å². The van der Waals surface area contributed by atoms with E-state index in [1.807, 2.05) is 17.9 Å². The van der Waals surface area contributed by atoms with Crippen molar-refractivity contribution in [3.8, 4) is 5.75 Å². The van der Waals surface area contributed by atoms with Gasteiger partial charge in [0.05, 0.1) is 25.5 Å². The van der Waals surface area contributed by atoms with Crippen molar-refractivity contribution in [1.82, 2.24) is 19.6 Å². The molecule has 2 fully saturated rings. The van der Waals surface area contributed by atoms with Crippen LogP contribution in [0, 0.1) is 0 Å². The van der Waals surface area contributed by atoms with Gasteiger partial charge in [-0.3, -0.25) is 14.4 Å². The molecule has 3 aliphatic rings. The minimum absolute atomic E-state index is 0.0738. The zero-order valence-corrected chi connectivity index (χ0v) is 20.5. The third kappa shape index (κ3) is 4.53. The van der Waals surface area contributed by atoms with Crippen molar-refractivity contribution in [2.45, 2.75) is 45.7 Å². The third-order valence-corrected chi connectivity index (χ3v) is 7.46. The van der Waals surface area contributed by atoms with E-state index in [1.165, 1.54) is 16.9 Å². The van der Waals surface area contributed by atoms with Crippen molar-refractivity contribution >= 4 is 11.6 Å². The summed E-state index contributed by atoms with van der Waals surface area (Å²) in [6.45, 7) is 12.2. The van der Waals surface area contributed by atoms with Gasteiger partial charge in [0.15, 0.2) is 5.69 Å². The Morgan fingerprint density at radius 3 is 2.59 bits per heavy atom. The molecule has 5 rings (SSSR count). The third-order valence-electron chi connectivity index (χ3n) is 7.46. The van der Waals surface area contributed by atoms with Gasteiger partial charge in [0.25, 0.3) is 5.91 Å². The molecule has 1 unspecified atom stereocenters. The Morgan fingerprint density at radius 2 is 1.85 bits per heavy atom. The maximum Gasteiger partial charge on any atom is 0.274 e. The number of carbonyl (C=O) groups excluding carboxylic acids is 1. The van der Waals surface area contributed by atoms with E-state index in [0.29, 0.717) is 44.6 Å². The van der Waals surface area contributed by atoms with Crippen LogP contribution in [0.1, 0.15) is 42.0 Å². The lowest BCUT2D eigenvalue weighted by atomic mass is 9.89. The Kier molecular flexibility index (Phi) is 7.06. The lowest BCUT2D eigenvalue weighted by Crippen LogP contribution is -2.52. The number of benzene rings is 1. The van der Waals surface area contributed by atoms with Crippen LogP contribution in [0.25, 0.3) is 0 Å². The Hall–Kier alpha value is -2.58. The van der Waals surface area contributed by atoms with Gasteiger partial charge in [-0.15, -0.1) is 0 Å². The van der Waals surface area contributed by atoms with Gasteiger partial charge in [0.1, 0.15) is 5.75 Å².